The van der Waals surface area contributed by atoms with Gasteiger partial charge >= 0.3 is 0 Å². The second-order valence-corrected chi connectivity index (χ2v) is 5.05. The standard InChI is InChI=1S/C11H14N4O2S/c1-2-7-5-12-10(18-7)6-13-11(17)8-3-4-9(16)15-14-8/h5H,2-4,6H2,1H3,(H,13,17)(H,15,16). The number of carbonyl (C=O) groups excluding carboxylic acids is 2. The Kier molecular flexibility index (Phi) is 4.03. The summed E-state index contributed by atoms with van der Waals surface area (Å²) in [5, 5.41) is 7.36. The molecule has 2 N–H and O–H groups in total. The van der Waals surface area contributed by atoms with Gasteiger partial charge in [-0.25, -0.2) is 10.4 Å². The first-order valence-electron chi connectivity index (χ1n) is 5.76. The highest BCUT2D eigenvalue weighted by molar-refractivity contribution is 7.11. The zero-order chi connectivity index (χ0) is 13.0. The molecule has 1 aromatic rings. The Morgan fingerprint density at radius 3 is 3.00 bits per heavy atom. The van der Waals surface area contributed by atoms with E-state index in [9.17, 15) is 9.59 Å². The molecule has 0 radical (unpaired) electrons. The average molecular weight is 266 g/mol. The predicted molar refractivity (Wildman–Crippen MR) is 68.2 cm³/mol. The number of amides is 2. The molecule has 1 aromatic heterocycles. The van der Waals surface area contributed by atoms with Crippen LogP contribution in [-0.4, -0.2) is 22.5 Å². The van der Waals surface area contributed by atoms with E-state index in [0.717, 1.165) is 11.4 Å². The van der Waals surface area contributed by atoms with Gasteiger partial charge in [0.2, 0.25) is 5.91 Å². The normalized spacial score (nSPS) is 14.9. The molecule has 0 saturated carbocycles. The van der Waals surface area contributed by atoms with Crippen LogP contribution in [0.1, 0.15) is 29.7 Å². The third-order valence-corrected chi connectivity index (χ3v) is 3.66. The summed E-state index contributed by atoms with van der Waals surface area (Å²) in [5.41, 5.74) is 2.66. The van der Waals surface area contributed by atoms with Crippen LogP contribution in [-0.2, 0) is 22.6 Å². The van der Waals surface area contributed by atoms with E-state index in [2.05, 4.69) is 27.8 Å². The molecule has 18 heavy (non-hydrogen) atoms. The van der Waals surface area contributed by atoms with Crippen LogP contribution < -0.4 is 10.7 Å². The zero-order valence-electron chi connectivity index (χ0n) is 10.0. The molecular weight excluding hydrogens is 252 g/mol. The highest BCUT2D eigenvalue weighted by Gasteiger charge is 2.18. The first-order valence-corrected chi connectivity index (χ1v) is 6.58. The maximum absolute atomic E-state index is 11.7. The molecule has 0 spiro atoms. The van der Waals surface area contributed by atoms with Crippen LogP contribution in [0.4, 0.5) is 0 Å². The van der Waals surface area contributed by atoms with E-state index in [4.69, 9.17) is 0 Å². The Morgan fingerprint density at radius 1 is 1.56 bits per heavy atom. The molecule has 2 amide bonds. The summed E-state index contributed by atoms with van der Waals surface area (Å²) in [6.07, 6.45) is 3.47. The van der Waals surface area contributed by atoms with E-state index in [1.165, 1.54) is 4.88 Å². The molecular formula is C11H14N4O2S. The average Bonchev–Trinajstić information content (AvgIpc) is 2.85. The van der Waals surface area contributed by atoms with Crippen molar-refractivity contribution in [1.29, 1.82) is 0 Å². The molecule has 2 rings (SSSR count). The number of rotatable bonds is 4. The van der Waals surface area contributed by atoms with Crippen LogP contribution in [0.5, 0.6) is 0 Å². The highest BCUT2D eigenvalue weighted by Crippen LogP contribution is 2.12. The molecule has 0 aliphatic carbocycles. The monoisotopic (exact) mass is 266 g/mol. The molecule has 1 aliphatic rings. The Bertz CT molecular complexity index is 495. The maximum Gasteiger partial charge on any atom is 0.267 e. The van der Waals surface area contributed by atoms with Gasteiger partial charge in [-0.1, -0.05) is 6.92 Å². The van der Waals surface area contributed by atoms with Crippen LogP contribution >= 0.6 is 11.3 Å². The summed E-state index contributed by atoms with van der Waals surface area (Å²) in [6.45, 7) is 2.46. The second kappa shape index (κ2) is 5.72. The molecule has 0 bridgehead atoms. The van der Waals surface area contributed by atoms with Crippen molar-refractivity contribution in [3.05, 3.63) is 16.1 Å². The lowest BCUT2D eigenvalue weighted by atomic mass is 10.1. The summed E-state index contributed by atoms with van der Waals surface area (Å²) in [7, 11) is 0. The van der Waals surface area contributed by atoms with Crippen LogP contribution in [0.2, 0.25) is 0 Å². The number of thiazole rings is 1. The van der Waals surface area contributed by atoms with Gasteiger partial charge in [-0.05, 0) is 6.42 Å². The zero-order valence-corrected chi connectivity index (χ0v) is 10.8. The minimum absolute atomic E-state index is 0.154. The van der Waals surface area contributed by atoms with Crippen LogP contribution in [0, 0.1) is 0 Å². The molecule has 0 aromatic carbocycles. The van der Waals surface area contributed by atoms with Crippen LogP contribution in [0.25, 0.3) is 0 Å². The van der Waals surface area contributed by atoms with Crippen molar-refractivity contribution in [3.63, 3.8) is 0 Å². The predicted octanol–water partition coefficient (Wildman–Crippen LogP) is 0.588. The summed E-state index contributed by atoms with van der Waals surface area (Å²) >= 11 is 1.59. The number of hydrogen-bond acceptors (Lipinski definition) is 5. The minimum Gasteiger partial charge on any atom is -0.344 e. The Hall–Kier alpha value is -1.76. The number of hydrazone groups is 1. The number of nitrogens with zero attached hydrogens (tertiary/aromatic N) is 2. The van der Waals surface area contributed by atoms with Gasteiger partial charge in [0, 0.05) is 23.9 Å². The molecule has 0 atom stereocenters. The molecule has 96 valence electrons. The highest BCUT2D eigenvalue weighted by atomic mass is 32.1. The summed E-state index contributed by atoms with van der Waals surface area (Å²) in [4.78, 5) is 28.0. The van der Waals surface area contributed by atoms with Gasteiger partial charge in [0.05, 0.1) is 6.54 Å². The van der Waals surface area contributed by atoms with Gasteiger partial charge in [0.1, 0.15) is 10.7 Å². The summed E-state index contributed by atoms with van der Waals surface area (Å²) in [6, 6.07) is 0. The minimum atomic E-state index is -0.247. The molecule has 0 unspecified atom stereocenters. The third-order valence-electron chi connectivity index (χ3n) is 2.52. The van der Waals surface area contributed by atoms with Crippen molar-refractivity contribution in [2.75, 3.05) is 0 Å². The van der Waals surface area contributed by atoms with Crippen LogP contribution in [0.15, 0.2) is 11.3 Å². The van der Waals surface area contributed by atoms with E-state index < -0.39 is 0 Å². The Labute approximate surface area is 108 Å². The first-order chi connectivity index (χ1) is 8.69. The van der Waals surface area contributed by atoms with Gasteiger partial charge in [-0.2, -0.15) is 5.10 Å². The van der Waals surface area contributed by atoms with E-state index in [0.29, 0.717) is 25.1 Å². The van der Waals surface area contributed by atoms with E-state index >= 15 is 0 Å². The van der Waals surface area contributed by atoms with E-state index in [-0.39, 0.29) is 11.8 Å². The van der Waals surface area contributed by atoms with Crippen molar-refractivity contribution >= 4 is 28.9 Å². The molecule has 0 fully saturated rings. The van der Waals surface area contributed by atoms with Gasteiger partial charge < -0.3 is 5.32 Å². The number of aryl methyl sites for hydroxylation is 1. The fraction of sp³-hybridized carbons (Fsp3) is 0.455. The molecule has 0 saturated heterocycles. The smallest absolute Gasteiger partial charge is 0.267 e. The Balaban J connectivity index is 1.86. The number of hydrogen-bond donors (Lipinski definition) is 2. The maximum atomic E-state index is 11.7. The fourth-order valence-electron chi connectivity index (χ4n) is 1.49. The quantitative estimate of drug-likeness (QED) is 0.836. The summed E-state index contributed by atoms with van der Waals surface area (Å²) < 4.78 is 0. The molecule has 7 heteroatoms. The van der Waals surface area contributed by atoms with Gasteiger partial charge in [-0.3, -0.25) is 9.59 Å². The third kappa shape index (κ3) is 3.13. The van der Waals surface area contributed by atoms with E-state index in [1.54, 1.807) is 11.3 Å². The second-order valence-electron chi connectivity index (χ2n) is 3.85. The van der Waals surface area contributed by atoms with Gasteiger partial charge in [0.15, 0.2) is 0 Å². The number of nitrogens with one attached hydrogen (secondary N) is 2. The lowest BCUT2D eigenvalue weighted by Crippen LogP contribution is -2.36. The van der Waals surface area contributed by atoms with Crippen molar-refractivity contribution in [3.8, 4) is 0 Å². The van der Waals surface area contributed by atoms with Crippen molar-refractivity contribution in [2.45, 2.75) is 32.7 Å². The van der Waals surface area contributed by atoms with Gasteiger partial charge in [0.25, 0.3) is 5.91 Å². The van der Waals surface area contributed by atoms with Crippen molar-refractivity contribution in [2.24, 2.45) is 5.10 Å². The SMILES string of the molecule is CCc1cnc(CNC(=O)C2=NNC(=O)CC2)s1. The number of aromatic nitrogens is 1. The largest absolute Gasteiger partial charge is 0.344 e. The van der Waals surface area contributed by atoms with Crippen molar-refractivity contribution < 1.29 is 9.59 Å². The Morgan fingerprint density at radius 2 is 2.39 bits per heavy atom. The molecule has 1 aliphatic heterocycles. The topological polar surface area (TPSA) is 83.4 Å². The van der Waals surface area contributed by atoms with Crippen molar-refractivity contribution in [1.82, 2.24) is 15.7 Å². The first kappa shape index (κ1) is 12.7. The lowest BCUT2D eigenvalue weighted by molar-refractivity contribution is -0.121. The fourth-order valence-corrected chi connectivity index (χ4v) is 2.29. The van der Waals surface area contributed by atoms with Crippen LogP contribution in [0.3, 0.4) is 0 Å². The van der Waals surface area contributed by atoms with E-state index in [1.807, 2.05) is 6.20 Å². The molecule has 2 heterocycles. The summed E-state index contributed by atoms with van der Waals surface area (Å²) in [5.74, 6) is -0.401. The van der Waals surface area contributed by atoms with Gasteiger partial charge in [-0.15, -0.1) is 11.3 Å². The lowest BCUT2D eigenvalue weighted by Gasteiger charge is -2.11. The molecule has 6 nitrogen and oxygen atoms in total. The number of carbonyl (C=O) groups is 2.